The van der Waals surface area contributed by atoms with Crippen LogP contribution in [0.5, 0.6) is 11.6 Å². The topological polar surface area (TPSA) is 246 Å². The number of nitrogens with zero attached hydrogens (tertiary/aromatic N) is 5. The molecule has 19 nitrogen and oxygen atoms in total. The van der Waals surface area contributed by atoms with Gasteiger partial charge in [0, 0.05) is 69.1 Å². The number of pyridine rings is 1. The Morgan fingerprint density at radius 3 is 2.48 bits per heavy atom. The number of halogens is 4. The predicted molar refractivity (Wildman–Crippen MR) is 226 cm³/mol. The largest absolute Gasteiger partial charge is 0.573 e. The van der Waals surface area contributed by atoms with Gasteiger partial charge in [-0.1, -0.05) is 18.2 Å². The smallest absolute Gasteiger partial charge is 0.471 e. The number of rotatable bonds is 19. The fourth-order valence-corrected chi connectivity index (χ4v) is 7.77. The number of amides is 7. The summed E-state index contributed by atoms with van der Waals surface area (Å²) in [4.78, 5) is 98.8. The van der Waals surface area contributed by atoms with Crippen molar-refractivity contribution < 1.29 is 65.3 Å². The molecule has 354 valence electrons. The van der Waals surface area contributed by atoms with E-state index in [0.29, 0.717) is 35.5 Å². The van der Waals surface area contributed by atoms with Crippen molar-refractivity contribution in [2.75, 3.05) is 44.7 Å². The maximum Gasteiger partial charge on any atom is 0.573 e. The fourth-order valence-electron chi connectivity index (χ4n) is 7.77. The van der Waals surface area contributed by atoms with Crippen molar-refractivity contribution >= 4 is 47.0 Å². The number of imidazole rings is 1. The van der Waals surface area contributed by atoms with E-state index in [1.165, 1.54) is 35.4 Å². The number of ether oxygens (including phenoxy) is 3. The van der Waals surface area contributed by atoms with Crippen LogP contribution in [0, 0.1) is 0 Å². The molecule has 0 bridgehead atoms. The molecule has 3 aliphatic rings. The van der Waals surface area contributed by atoms with E-state index in [1.807, 2.05) is 0 Å². The zero-order valence-corrected chi connectivity index (χ0v) is 35.7. The summed E-state index contributed by atoms with van der Waals surface area (Å²) in [7, 11) is 0. The molecule has 4 aromatic rings. The van der Waals surface area contributed by atoms with Crippen LogP contribution in [0.3, 0.4) is 0 Å². The Balaban J connectivity index is 0.798. The van der Waals surface area contributed by atoms with Crippen LogP contribution >= 0.6 is 0 Å². The van der Waals surface area contributed by atoms with Gasteiger partial charge in [0.2, 0.25) is 29.5 Å². The van der Waals surface area contributed by atoms with Gasteiger partial charge in [-0.15, -0.1) is 13.2 Å². The first-order chi connectivity index (χ1) is 32.0. The number of piperidine rings is 2. The minimum atomic E-state index is -4.85. The van der Waals surface area contributed by atoms with E-state index < -0.39 is 65.9 Å². The molecule has 0 saturated carbocycles. The fraction of sp³-hybridized carbons (Fsp3) is 0.386. The number of primary amides is 1. The van der Waals surface area contributed by atoms with Crippen LogP contribution < -0.4 is 31.2 Å². The number of benzene rings is 2. The van der Waals surface area contributed by atoms with Crippen molar-refractivity contribution in [1.82, 2.24) is 35.0 Å². The van der Waals surface area contributed by atoms with Crippen molar-refractivity contribution in [3.05, 3.63) is 89.5 Å². The maximum atomic E-state index is 15.3. The summed E-state index contributed by atoms with van der Waals surface area (Å²) in [5.41, 5.74) is 7.52. The SMILES string of the molecule is NC(=O)c1cc(-c2cn(CCCC(=O)NCCOCCNc3cccc4c3C(=O)N(C3CCC(=O)NC3=O)C4=O)cn2)cnc1O[C@@H]1CCN(C(=O)Cc2ccc(OC(F)(F)F)cc2)C[C@H]1F. The zero-order valence-electron chi connectivity index (χ0n) is 35.7. The number of carbonyl (C=O) groups excluding carboxylic acids is 7. The van der Waals surface area contributed by atoms with Crippen molar-refractivity contribution in [3.8, 4) is 22.9 Å². The van der Waals surface area contributed by atoms with Crippen LogP contribution in [0.2, 0.25) is 0 Å². The lowest BCUT2D eigenvalue weighted by Gasteiger charge is -2.34. The Labute approximate surface area is 379 Å². The van der Waals surface area contributed by atoms with Gasteiger partial charge in [-0.25, -0.2) is 14.4 Å². The Hall–Kier alpha value is -7.43. The molecule has 1 unspecified atom stereocenters. The summed E-state index contributed by atoms with van der Waals surface area (Å²) in [5.74, 6) is -4.50. The third kappa shape index (κ3) is 11.9. The molecule has 5 heterocycles. The number of hydrogen-bond acceptors (Lipinski definition) is 13. The highest BCUT2D eigenvalue weighted by atomic mass is 19.4. The minimum absolute atomic E-state index is 0.0185. The number of fused-ring (bicyclic) bond motifs is 1. The van der Waals surface area contributed by atoms with Crippen LogP contribution in [-0.2, 0) is 36.9 Å². The van der Waals surface area contributed by atoms with Gasteiger partial charge in [-0.3, -0.25) is 43.8 Å². The molecule has 3 atom stereocenters. The predicted octanol–water partition coefficient (Wildman–Crippen LogP) is 2.93. The number of likely N-dealkylation sites (tertiary alicyclic amines) is 1. The molecular formula is C44H45F4N9O10. The summed E-state index contributed by atoms with van der Waals surface area (Å²) in [5, 5.41) is 8.05. The van der Waals surface area contributed by atoms with Gasteiger partial charge in [0.1, 0.15) is 23.5 Å². The molecule has 7 rings (SSSR count). The third-order valence-electron chi connectivity index (χ3n) is 11.1. The lowest BCUT2D eigenvalue weighted by molar-refractivity contribution is -0.274. The first-order valence-corrected chi connectivity index (χ1v) is 21.2. The van der Waals surface area contributed by atoms with Crippen molar-refractivity contribution in [2.45, 2.75) is 69.7 Å². The molecule has 2 aromatic heterocycles. The summed E-state index contributed by atoms with van der Waals surface area (Å²) in [6.45, 7) is 1.18. The van der Waals surface area contributed by atoms with Gasteiger partial charge in [-0.05, 0) is 48.7 Å². The number of anilines is 1. The van der Waals surface area contributed by atoms with Gasteiger partial charge in [0.25, 0.3) is 17.7 Å². The van der Waals surface area contributed by atoms with E-state index in [4.69, 9.17) is 15.2 Å². The van der Waals surface area contributed by atoms with E-state index in [0.717, 1.165) is 17.0 Å². The number of imide groups is 2. The second-order valence-electron chi connectivity index (χ2n) is 15.8. The molecule has 23 heteroatoms. The summed E-state index contributed by atoms with van der Waals surface area (Å²) >= 11 is 0. The molecule has 7 amide bonds. The third-order valence-corrected chi connectivity index (χ3v) is 11.1. The van der Waals surface area contributed by atoms with Gasteiger partial charge < -0.3 is 40.0 Å². The van der Waals surface area contributed by atoms with E-state index in [-0.39, 0.29) is 100.0 Å². The molecule has 2 fully saturated rings. The number of nitrogens with one attached hydrogen (secondary N) is 3. The number of nitrogens with two attached hydrogens (primary N) is 1. The van der Waals surface area contributed by atoms with E-state index in [1.54, 1.807) is 29.2 Å². The number of aryl methyl sites for hydroxylation is 1. The zero-order chi connectivity index (χ0) is 47.8. The second kappa shape index (κ2) is 20.8. The number of aromatic nitrogens is 3. The highest BCUT2D eigenvalue weighted by molar-refractivity contribution is 6.25. The molecule has 0 radical (unpaired) electrons. The molecule has 2 saturated heterocycles. The van der Waals surface area contributed by atoms with Crippen molar-refractivity contribution in [2.24, 2.45) is 5.73 Å². The highest BCUT2D eigenvalue weighted by Crippen LogP contribution is 2.33. The number of alkyl halides is 4. The summed E-state index contributed by atoms with van der Waals surface area (Å²) in [6, 6.07) is 9.93. The number of carbonyl (C=O) groups is 7. The monoisotopic (exact) mass is 935 g/mol. The Bertz CT molecular complexity index is 2540. The van der Waals surface area contributed by atoms with Gasteiger partial charge in [0.05, 0.1) is 49.3 Å². The number of hydrogen-bond donors (Lipinski definition) is 4. The lowest BCUT2D eigenvalue weighted by atomic mass is 10.0. The Morgan fingerprint density at radius 1 is 0.970 bits per heavy atom. The van der Waals surface area contributed by atoms with Crippen LogP contribution in [0.25, 0.3) is 11.3 Å². The Morgan fingerprint density at radius 2 is 1.75 bits per heavy atom. The molecule has 67 heavy (non-hydrogen) atoms. The molecule has 0 spiro atoms. The van der Waals surface area contributed by atoms with Crippen LogP contribution in [-0.4, -0.2) is 130 Å². The van der Waals surface area contributed by atoms with E-state index in [2.05, 4.69) is 30.7 Å². The minimum Gasteiger partial charge on any atom is -0.471 e. The average Bonchev–Trinajstić information content (AvgIpc) is 3.86. The molecular weight excluding hydrogens is 891 g/mol. The van der Waals surface area contributed by atoms with Crippen molar-refractivity contribution in [3.63, 3.8) is 0 Å². The van der Waals surface area contributed by atoms with Crippen LogP contribution in [0.4, 0.5) is 23.2 Å². The summed E-state index contributed by atoms with van der Waals surface area (Å²) in [6.07, 6.45) is -2.28. The van der Waals surface area contributed by atoms with Gasteiger partial charge in [0.15, 0.2) is 6.17 Å². The summed E-state index contributed by atoms with van der Waals surface area (Å²) < 4.78 is 69.7. The molecule has 3 aliphatic heterocycles. The second-order valence-corrected chi connectivity index (χ2v) is 15.8. The molecule has 0 aliphatic carbocycles. The van der Waals surface area contributed by atoms with Crippen molar-refractivity contribution in [1.29, 1.82) is 0 Å². The quantitative estimate of drug-likeness (QED) is 0.0601. The average molecular weight is 936 g/mol. The van der Waals surface area contributed by atoms with Crippen LogP contribution in [0.1, 0.15) is 68.7 Å². The van der Waals surface area contributed by atoms with Crippen LogP contribution in [0.15, 0.2) is 67.3 Å². The highest BCUT2D eigenvalue weighted by Gasteiger charge is 2.45. The van der Waals surface area contributed by atoms with Gasteiger partial charge >= 0.3 is 6.36 Å². The Kier molecular flexibility index (Phi) is 14.8. The van der Waals surface area contributed by atoms with E-state index in [9.17, 15) is 46.7 Å². The normalized spacial score (nSPS) is 18.4. The van der Waals surface area contributed by atoms with Gasteiger partial charge in [-0.2, -0.15) is 0 Å². The lowest BCUT2D eigenvalue weighted by Crippen LogP contribution is -2.54. The van der Waals surface area contributed by atoms with E-state index >= 15 is 4.39 Å². The molecule has 2 aromatic carbocycles. The maximum absolute atomic E-state index is 15.3. The first-order valence-electron chi connectivity index (χ1n) is 21.2. The standard InChI is InChI=1S/C44H45F4N9O10/c45-30-22-56(37(60)19-25-6-8-27(9-7-25)67-44(46,47)48)16-12-34(30)66-41-29(39(49)61)20-26(21-52-41)32-23-55(24-53-32)15-2-5-35(58)51-14-18-65-17-13-50-31-4-1-3-28-38(31)43(64)57(42(28)63)33-10-11-36(59)54-40(33)62/h1,3-4,6-9,20-21,23-24,30,33-34,50H,2,5,10-19,22H2,(H2,49,61)(H,51,58)(H,54,59,62)/t30-,33?,34-/m1/s1. The first kappa shape index (κ1) is 47.5. The molecule has 5 N–H and O–H groups in total.